The number of hydrogen-bond acceptors (Lipinski definition) is 7. The SMILES string of the molecule is NC(=O)C[C@H](N)C(=O)N[C@@H](Cc1c[nH]cn1)C(=O)N[C@@H](Cc1ccccc1)C(=O)N1CCC[C@@H]1C(=O)O. The number of amides is 4. The number of aliphatic carboxylic acids is 1. The molecule has 8 N–H and O–H groups in total. The van der Waals surface area contributed by atoms with Crippen molar-refractivity contribution in [3.63, 3.8) is 0 Å². The fraction of sp³-hybridized carbons (Fsp3) is 0.417. The Balaban J connectivity index is 1.83. The van der Waals surface area contributed by atoms with E-state index in [0.29, 0.717) is 18.5 Å². The molecule has 0 saturated carbocycles. The van der Waals surface area contributed by atoms with Crippen molar-refractivity contribution in [3.8, 4) is 0 Å². The number of carbonyl (C=O) groups excluding carboxylic acids is 4. The number of nitrogens with one attached hydrogen (secondary N) is 3. The number of aromatic amines is 1. The Hall–Kier alpha value is -4.26. The first kappa shape index (κ1) is 27.3. The van der Waals surface area contributed by atoms with Gasteiger partial charge in [-0.15, -0.1) is 0 Å². The lowest BCUT2D eigenvalue weighted by molar-refractivity contribution is -0.149. The van der Waals surface area contributed by atoms with E-state index in [2.05, 4.69) is 20.6 Å². The topological polar surface area (TPSA) is 214 Å². The molecular formula is C24H31N7O6. The summed E-state index contributed by atoms with van der Waals surface area (Å²) in [6.45, 7) is 0.256. The van der Waals surface area contributed by atoms with Crippen molar-refractivity contribution < 1.29 is 29.1 Å². The number of aromatic nitrogens is 2. The number of hydrogen-bond donors (Lipinski definition) is 6. The predicted octanol–water partition coefficient (Wildman–Crippen LogP) is -1.56. The van der Waals surface area contributed by atoms with Crippen molar-refractivity contribution >= 4 is 29.6 Å². The van der Waals surface area contributed by atoms with E-state index in [1.807, 2.05) is 6.07 Å². The van der Waals surface area contributed by atoms with Gasteiger partial charge in [0, 0.05) is 25.6 Å². The Labute approximate surface area is 213 Å². The van der Waals surface area contributed by atoms with Gasteiger partial charge in [-0.2, -0.15) is 0 Å². The Morgan fingerprint density at radius 3 is 2.41 bits per heavy atom. The van der Waals surface area contributed by atoms with E-state index in [-0.39, 0.29) is 19.4 Å². The van der Waals surface area contributed by atoms with Crippen LogP contribution in [0.15, 0.2) is 42.9 Å². The minimum atomic E-state index is -1.27. The molecule has 198 valence electrons. The van der Waals surface area contributed by atoms with Crippen molar-refractivity contribution in [2.75, 3.05) is 6.54 Å². The zero-order chi connectivity index (χ0) is 26.9. The van der Waals surface area contributed by atoms with Crippen LogP contribution in [0.4, 0.5) is 0 Å². The number of carboxylic acid groups (broad SMARTS) is 1. The molecule has 1 saturated heterocycles. The van der Waals surface area contributed by atoms with E-state index >= 15 is 0 Å². The number of carbonyl (C=O) groups is 5. The van der Waals surface area contributed by atoms with Gasteiger partial charge in [0.25, 0.3) is 0 Å². The summed E-state index contributed by atoms with van der Waals surface area (Å²) in [5.41, 5.74) is 12.1. The quantitative estimate of drug-likeness (QED) is 0.195. The minimum absolute atomic E-state index is 0.0297. The van der Waals surface area contributed by atoms with Crippen LogP contribution in [0.5, 0.6) is 0 Å². The molecule has 0 spiro atoms. The fourth-order valence-electron chi connectivity index (χ4n) is 4.22. The van der Waals surface area contributed by atoms with Crippen LogP contribution in [0, 0.1) is 0 Å². The molecule has 0 radical (unpaired) electrons. The van der Waals surface area contributed by atoms with Gasteiger partial charge in [-0.3, -0.25) is 19.2 Å². The summed E-state index contributed by atoms with van der Waals surface area (Å²) in [6, 6.07) is 4.44. The van der Waals surface area contributed by atoms with E-state index in [1.165, 1.54) is 11.2 Å². The van der Waals surface area contributed by atoms with Crippen molar-refractivity contribution in [3.05, 3.63) is 54.1 Å². The van der Waals surface area contributed by atoms with Gasteiger partial charge in [-0.25, -0.2) is 9.78 Å². The van der Waals surface area contributed by atoms with E-state index in [0.717, 1.165) is 5.56 Å². The van der Waals surface area contributed by atoms with Gasteiger partial charge in [0.1, 0.15) is 18.1 Å². The first-order chi connectivity index (χ1) is 17.7. The summed E-state index contributed by atoms with van der Waals surface area (Å²) in [5, 5.41) is 14.7. The number of H-pyrrole nitrogens is 1. The molecule has 4 amide bonds. The zero-order valence-corrected chi connectivity index (χ0v) is 20.1. The van der Waals surface area contributed by atoms with Crippen LogP contribution in [-0.2, 0) is 36.8 Å². The standard InChI is InChI=1S/C24H31N7O6/c25-16(11-20(26)32)21(33)29-17(10-15-12-27-13-28-15)22(34)30-18(9-14-5-2-1-3-6-14)23(35)31-8-4-7-19(31)24(36)37/h1-3,5-6,12-13,16-19H,4,7-11,25H2,(H2,26,32)(H,27,28)(H,29,33)(H,30,34)(H,36,37)/t16-,17-,18-,19+/m0/s1. The molecule has 1 aliphatic heterocycles. The van der Waals surface area contributed by atoms with Crippen molar-refractivity contribution in [1.29, 1.82) is 0 Å². The third-order valence-corrected chi connectivity index (χ3v) is 6.08. The molecule has 1 aromatic heterocycles. The van der Waals surface area contributed by atoms with Crippen LogP contribution in [-0.4, -0.2) is 80.3 Å². The normalized spacial score (nSPS) is 17.4. The Bertz CT molecular complexity index is 1110. The van der Waals surface area contributed by atoms with Gasteiger partial charge in [-0.05, 0) is 18.4 Å². The Kier molecular flexibility index (Phi) is 9.33. The molecule has 4 atom stereocenters. The lowest BCUT2D eigenvalue weighted by atomic mass is 10.0. The van der Waals surface area contributed by atoms with E-state index < -0.39 is 60.2 Å². The van der Waals surface area contributed by atoms with Crippen molar-refractivity contribution in [1.82, 2.24) is 25.5 Å². The molecule has 2 heterocycles. The summed E-state index contributed by atoms with van der Waals surface area (Å²) >= 11 is 0. The van der Waals surface area contributed by atoms with E-state index in [9.17, 15) is 29.1 Å². The smallest absolute Gasteiger partial charge is 0.326 e. The first-order valence-corrected chi connectivity index (χ1v) is 11.8. The molecule has 3 rings (SSSR count). The van der Waals surface area contributed by atoms with E-state index in [4.69, 9.17) is 11.5 Å². The maximum atomic E-state index is 13.5. The maximum absolute atomic E-state index is 13.5. The van der Waals surface area contributed by atoms with Crippen LogP contribution in [0.2, 0.25) is 0 Å². The molecule has 0 aliphatic carbocycles. The summed E-state index contributed by atoms with van der Waals surface area (Å²) < 4.78 is 0. The average molecular weight is 514 g/mol. The maximum Gasteiger partial charge on any atom is 0.326 e. The summed E-state index contributed by atoms with van der Waals surface area (Å²) in [5.74, 6) is -3.88. The van der Waals surface area contributed by atoms with Crippen LogP contribution in [0.3, 0.4) is 0 Å². The lowest BCUT2D eigenvalue weighted by Gasteiger charge is -2.29. The molecule has 0 bridgehead atoms. The number of nitrogens with zero attached hydrogens (tertiary/aromatic N) is 2. The van der Waals surface area contributed by atoms with Gasteiger partial charge in [0.2, 0.25) is 23.6 Å². The number of rotatable bonds is 12. The van der Waals surface area contributed by atoms with E-state index in [1.54, 1.807) is 30.5 Å². The van der Waals surface area contributed by atoms with Crippen molar-refractivity contribution in [2.45, 2.75) is 56.3 Å². The summed E-state index contributed by atoms with van der Waals surface area (Å²) in [7, 11) is 0. The highest BCUT2D eigenvalue weighted by atomic mass is 16.4. The molecule has 1 aliphatic rings. The highest BCUT2D eigenvalue weighted by molar-refractivity contribution is 5.95. The molecule has 0 unspecified atom stereocenters. The minimum Gasteiger partial charge on any atom is -0.480 e. The van der Waals surface area contributed by atoms with Gasteiger partial charge in [0.15, 0.2) is 0 Å². The third-order valence-electron chi connectivity index (χ3n) is 6.08. The second-order valence-corrected chi connectivity index (χ2v) is 8.88. The van der Waals surface area contributed by atoms with Gasteiger partial charge in [-0.1, -0.05) is 30.3 Å². The fourth-order valence-corrected chi connectivity index (χ4v) is 4.22. The number of carboxylic acids is 1. The monoisotopic (exact) mass is 513 g/mol. The molecule has 13 nitrogen and oxygen atoms in total. The van der Waals surface area contributed by atoms with Gasteiger partial charge >= 0.3 is 5.97 Å². The average Bonchev–Trinajstić information content (AvgIpc) is 3.55. The summed E-state index contributed by atoms with van der Waals surface area (Å²) in [6.07, 6.45) is 3.48. The van der Waals surface area contributed by atoms with Crippen molar-refractivity contribution in [2.24, 2.45) is 11.5 Å². The molecule has 37 heavy (non-hydrogen) atoms. The largest absolute Gasteiger partial charge is 0.480 e. The van der Waals surface area contributed by atoms with Crippen LogP contribution in [0.1, 0.15) is 30.5 Å². The number of imidazole rings is 1. The highest BCUT2D eigenvalue weighted by Gasteiger charge is 2.38. The third kappa shape index (κ3) is 7.61. The van der Waals surface area contributed by atoms with Gasteiger partial charge < -0.3 is 37.1 Å². The highest BCUT2D eigenvalue weighted by Crippen LogP contribution is 2.20. The first-order valence-electron chi connectivity index (χ1n) is 11.8. The molecular weight excluding hydrogens is 482 g/mol. The van der Waals surface area contributed by atoms with Gasteiger partial charge in [0.05, 0.1) is 24.5 Å². The lowest BCUT2D eigenvalue weighted by Crippen LogP contribution is -2.58. The second-order valence-electron chi connectivity index (χ2n) is 8.88. The Morgan fingerprint density at radius 1 is 1.08 bits per heavy atom. The second kappa shape index (κ2) is 12.6. The summed E-state index contributed by atoms with van der Waals surface area (Å²) in [4.78, 5) is 70.4. The number of nitrogens with two attached hydrogens (primary N) is 2. The Morgan fingerprint density at radius 2 is 1.78 bits per heavy atom. The van der Waals surface area contributed by atoms with Crippen LogP contribution >= 0.6 is 0 Å². The molecule has 2 aromatic rings. The van der Waals surface area contributed by atoms with Crippen LogP contribution in [0.25, 0.3) is 0 Å². The number of likely N-dealkylation sites (tertiary alicyclic amines) is 1. The zero-order valence-electron chi connectivity index (χ0n) is 20.1. The molecule has 13 heteroatoms. The number of primary amides is 1. The molecule has 1 fully saturated rings. The molecule has 1 aromatic carbocycles. The number of benzene rings is 1. The van der Waals surface area contributed by atoms with Crippen LogP contribution < -0.4 is 22.1 Å². The predicted molar refractivity (Wildman–Crippen MR) is 130 cm³/mol.